The van der Waals surface area contributed by atoms with E-state index in [4.69, 9.17) is 0 Å². The van der Waals surface area contributed by atoms with Crippen molar-refractivity contribution < 1.29 is 12.8 Å². The predicted octanol–water partition coefficient (Wildman–Crippen LogP) is 2.10. The molecule has 4 nitrogen and oxygen atoms in total. The minimum absolute atomic E-state index is 0.224. The van der Waals surface area contributed by atoms with Gasteiger partial charge in [0.1, 0.15) is 10.7 Å². The molecule has 1 fully saturated rings. The first kappa shape index (κ1) is 16.4. The van der Waals surface area contributed by atoms with Gasteiger partial charge in [0, 0.05) is 13.6 Å². The van der Waals surface area contributed by atoms with E-state index in [2.05, 4.69) is 11.9 Å². The Morgan fingerprint density at radius 3 is 2.57 bits per heavy atom. The highest BCUT2D eigenvalue weighted by Gasteiger charge is 2.27. The van der Waals surface area contributed by atoms with E-state index in [0.29, 0.717) is 12.5 Å². The highest BCUT2D eigenvalue weighted by molar-refractivity contribution is 7.89. The first-order valence-electron chi connectivity index (χ1n) is 7.21. The molecule has 0 radical (unpaired) electrons. The zero-order valence-corrected chi connectivity index (χ0v) is 13.7. The first-order valence-corrected chi connectivity index (χ1v) is 8.65. The van der Waals surface area contributed by atoms with Gasteiger partial charge >= 0.3 is 0 Å². The Morgan fingerprint density at radius 2 is 1.95 bits per heavy atom. The van der Waals surface area contributed by atoms with Gasteiger partial charge in [-0.1, -0.05) is 6.07 Å². The van der Waals surface area contributed by atoms with Gasteiger partial charge in [0.2, 0.25) is 10.0 Å². The third-order valence-electron chi connectivity index (χ3n) is 4.13. The number of piperidine rings is 1. The van der Waals surface area contributed by atoms with Crippen molar-refractivity contribution in [3.05, 3.63) is 29.6 Å². The molecule has 0 aromatic heterocycles. The number of aryl methyl sites for hydroxylation is 1. The van der Waals surface area contributed by atoms with Crippen molar-refractivity contribution in [2.24, 2.45) is 5.92 Å². The Morgan fingerprint density at radius 1 is 1.33 bits per heavy atom. The molecule has 1 aromatic rings. The summed E-state index contributed by atoms with van der Waals surface area (Å²) in [5, 5.41) is 0. The highest BCUT2D eigenvalue weighted by Crippen LogP contribution is 2.23. The number of sulfonamides is 1. The number of hydrogen-bond donors (Lipinski definition) is 0. The normalized spacial score (nSPS) is 18.3. The van der Waals surface area contributed by atoms with Gasteiger partial charge in [-0.3, -0.25) is 0 Å². The lowest BCUT2D eigenvalue weighted by atomic mass is 9.97. The number of rotatable bonds is 4. The maximum absolute atomic E-state index is 13.8. The quantitative estimate of drug-likeness (QED) is 0.854. The second kappa shape index (κ2) is 6.42. The molecule has 0 spiro atoms. The fourth-order valence-electron chi connectivity index (χ4n) is 2.68. The standard InChI is InChI=1S/C15H23FN2O2S/c1-12-4-5-14(16)15(10-12)21(19,20)18(3)11-13-6-8-17(2)9-7-13/h4-5,10,13H,6-9,11H2,1-3H3. The van der Waals surface area contributed by atoms with E-state index in [1.807, 2.05) is 0 Å². The molecule has 6 heteroatoms. The molecule has 0 aliphatic carbocycles. The largest absolute Gasteiger partial charge is 0.306 e. The molecule has 0 atom stereocenters. The van der Waals surface area contributed by atoms with Crippen LogP contribution in [-0.4, -0.2) is 51.4 Å². The van der Waals surface area contributed by atoms with E-state index in [1.54, 1.807) is 13.0 Å². The average molecular weight is 314 g/mol. The van der Waals surface area contributed by atoms with Crippen LogP contribution in [0.4, 0.5) is 4.39 Å². The lowest BCUT2D eigenvalue weighted by molar-refractivity contribution is 0.202. The minimum atomic E-state index is -3.76. The molecular weight excluding hydrogens is 291 g/mol. The Bertz CT molecular complexity index is 596. The molecule has 1 heterocycles. The van der Waals surface area contributed by atoms with Gasteiger partial charge in [-0.15, -0.1) is 0 Å². The van der Waals surface area contributed by atoms with Crippen LogP contribution in [0, 0.1) is 18.7 Å². The summed E-state index contributed by atoms with van der Waals surface area (Å²) in [5.74, 6) is -0.343. The molecule has 0 saturated carbocycles. The van der Waals surface area contributed by atoms with Crippen LogP contribution in [0.1, 0.15) is 18.4 Å². The fraction of sp³-hybridized carbons (Fsp3) is 0.600. The van der Waals surface area contributed by atoms with Crippen LogP contribution in [0.25, 0.3) is 0 Å². The van der Waals surface area contributed by atoms with Crippen molar-refractivity contribution in [3.8, 4) is 0 Å². The summed E-state index contributed by atoms with van der Waals surface area (Å²) in [6.07, 6.45) is 1.96. The van der Waals surface area contributed by atoms with Crippen LogP contribution >= 0.6 is 0 Å². The zero-order valence-electron chi connectivity index (χ0n) is 12.8. The number of halogens is 1. The monoisotopic (exact) mass is 314 g/mol. The summed E-state index contributed by atoms with van der Waals surface area (Å²) >= 11 is 0. The molecular formula is C15H23FN2O2S. The Kier molecular flexibility index (Phi) is 5.01. The molecule has 0 N–H and O–H groups in total. The summed E-state index contributed by atoms with van der Waals surface area (Å²) in [4.78, 5) is 2.02. The molecule has 1 saturated heterocycles. The molecule has 0 bridgehead atoms. The lowest BCUT2D eigenvalue weighted by Crippen LogP contribution is -2.38. The number of nitrogens with zero attached hydrogens (tertiary/aromatic N) is 2. The summed E-state index contributed by atoms with van der Waals surface area (Å²) < 4.78 is 40.2. The van der Waals surface area contributed by atoms with E-state index in [1.165, 1.54) is 23.5 Å². The fourth-order valence-corrected chi connectivity index (χ4v) is 4.07. The van der Waals surface area contributed by atoms with E-state index >= 15 is 0 Å². The second-order valence-electron chi connectivity index (χ2n) is 5.97. The van der Waals surface area contributed by atoms with Crippen molar-refractivity contribution in [2.45, 2.75) is 24.7 Å². The number of hydrogen-bond acceptors (Lipinski definition) is 3. The molecule has 1 aromatic carbocycles. The van der Waals surface area contributed by atoms with Crippen molar-refractivity contribution in [1.82, 2.24) is 9.21 Å². The highest BCUT2D eigenvalue weighted by atomic mass is 32.2. The van der Waals surface area contributed by atoms with Crippen molar-refractivity contribution >= 4 is 10.0 Å². The molecule has 2 rings (SSSR count). The van der Waals surface area contributed by atoms with Gasteiger partial charge in [0.15, 0.2) is 0 Å². The average Bonchev–Trinajstić information content (AvgIpc) is 2.43. The van der Waals surface area contributed by atoms with E-state index in [-0.39, 0.29) is 4.90 Å². The maximum atomic E-state index is 13.8. The van der Waals surface area contributed by atoms with Gasteiger partial charge in [-0.05, 0) is 63.5 Å². The lowest BCUT2D eigenvalue weighted by Gasteiger charge is -2.31. The van der Waals surface area contributed by atoms with E-state index < -0.39 is 15.8 Å². The summed E-state index contributed by atoms with van der Waals surface area (Å²) in [6.45, 7) is 4.17. The third-order valence-corrected chi connectivity index (χ3v) is 5.97. The molecule has 118 valence electrons. The predicted molar refractivity (Wildman–Crippen MR) is 81.2 cm³/mol. The van der Waals surface area contributed by atoms with Gasteiger partial charge in [-0.2, -0.15) is 0 Å². The maximum Gasteiger partial charge on any atom is 0.245 e. The van der Waals surface area contributed by atoms with Crippen LogP contribution in [0.15, 0.2) is 23.1 Å². The summed E-state index contributed by atoms with van der Waals surface area (Å²) in [5.41, 5.74) is 0.739. The third kappa shape index (κ3) is 3.81. The molecule has 1 aliphatic rings. The number of benzene rings is 1. The van der Waals surface area contributed by atoms with Crippen LogP contribution in [0.2, 0.25) is 0 Å². The number of likely N-dealkylation sites (tertiary alicyclic amines) is 1. The van der Waals surface area contributed by atoms with Gasteiger partial charge in [-0.25, -0.2) is 17.1 Å². The van der Waals surface area contributed by atoms with E-state index in [9.17, 15) is 12.8 Å². The molecule has 21 heavy (non-hydrogen) atoms. The van der Waals surface area contributed by atoms with Crippen LogP contribution < -0.4 is 0 Å². The summed E-state index contributed by atoms with van der Waals surface area (Å²) in [7, 11) is -0.155. The van der Waals surface area contributed by atoms with Gasteiger partial charge < -0.3 is 4.90 Å². The van der Waals surface area contributed by atoms with Crippen molar-refractivity contribution in [1.29, 1.82) is 0 Å². The first-order chi connectivity index (χ1) is 9.80. The van der Waals surface area contributed by atoms with Crippen LogP contribution in [-0.2, 0) is 10.0 Å². The molecule has 1 aliphatic heterocycles. The second-order valence-corrected chi connectivity index (χ2v) is 7.98. The topological polar surface area (TPSA) is 40.6 Å². The molecule has 0 unspecified atom stereocenters. The minimum Gasteiger partial charge on any atom is -0.306 e. The Balaban J connectivity index is 2.13. The van der Waals surface area contributed by atoms with Crippen LogP contribution in [0.5, 0.6) is 0 Å². The molecule has 0 amide bonds. The van der Waals surface area contributed by atoms with Gasteiger partial charge in [0.25, 0.3) is 0 Å². The Hall–Kier alpha value is -0.980. The van der Waals surface area contributed by atoms with Crippen molar-refractivity contribution in [3.63, 3.8) is 0 Å². The SMILES string of the molecule is Cc1ccc(F)c(S(=O)(=O)N(C)CC2CCN(C)CC2)c1. The van der Waals surface area contributed by atoms with Gasteiger partial charge in [0.05, 0.1) is 0 Å². The Labute approximate surface area is 126 Å². The van der Waals surface area contributed by atoms with Crippen LogP contribution in [0.3, 0.4) is 0 Å². The van der Waals surface area contributed by atoms with Crippen molar-refractivity contribution in [2.75, 3.05) is 33.7 Å². The zero-order chi connectivity index (χ0) is 15.6. The summed E-state index contributed by atoms with van der Waals surface area (Å²) in [6, 6.07) is 4.19. The van der Waals surface area contributed by atoms with E-state index in [0.717, 1.165) is 31.5 Å². The smallest absolute Gasteiger partial charge is 0.245 e.